The minimum atomic E-state index is -0.174. The Hall–Kier alpha value is -2.63. The first-order valence-corrected chi connectivity index (χ1v) is 7.09. The van der Waals surface area contributed by atoms with Crippen molar-refractivity contribution in [3.63, 3.8) is 0 Å². The third kappa shape index (κ3) is 4.18. The monoisotopic (exact) mass is 300 g/mol. The highest BCUT2D eigenvalue weighted by molar-refractivity contribution is 5.93. The van der Waals surface area contributed by atoms with Crippen LogP contribution in [0.5, 0.6) is 5.88 Å². The number of nitrogens with zero attached hydrogens (tertiary/aromatic N) is 3. The zero-order valence-electron chi connectivity index (χ0n) is 13.0. The first kappa shape index (κ1) is 15.8. The summed E-state index contributed by atoms with van der Waals surface area (Å²) in [5, 5.41) is 2.84. The van der Waals surface area contributed by atoms with Gasteiger partial charge in [0.15, 0.2) is 0 Å². The van der Waals surface area contributed by atoms with Crippen molar-refractivity contribution in [1.82, 2.24) is 15.3 Å². The van der Waals surface area contributed by atoms with Crippen molar-refractivity contribution < 1.29 is 9.53 Å². The highest BCUT2D eigenvalue weighted by Gasteiger charge is 2.06. The molecule has 1 amide bonds. The third-order valence-corrected chi connectivity index (χ3v) is 3.01. The lowest BCUT2D eigenvalue weighted by Gasteiger charge is -2.11. The third-order valence-electron chi connectivity index (χ3n) is 3.01. The Balaban J connectivity index is 1.91. The second kappa shape index (κ2) is 7.40. The summed E-state index contributed by atoms with van der Waals surface area (Å²) in [6.45, 7) is 2.86. The van der Waals surface area contributed by atoms with Gasteiger partial charge in [0.25, 0.3) is 5.91 Å². The minimum absolute atomic E-state index is 0.174. The molecule has 22 heavy (non-hydrogen) atoms. The molecule has 0 aliphatic carbocycles. The molecule has 2 aromatic heterocycles. The van der Waals surface area contributed by atoms with Gasteiger partial charge in [0, 0.05) is 39.1 Å². The van der Waals surface area contributed by atoms with Gasteiger partial charge in [0.1, 0.15) is 5.82 Å². The molecular weight excluding hydrogens is 280 g/mol. The van der Waals surface area contributed by atoms with Crippen LogP contribution in [0.2, 0.25) is 0 Å². The maximum atomic E-state index is 12.0. The number of hydrogen-bond acceptors (Lipinski definition) is 5. The standard InChI is InChI=1S/C16H20N4O2/c1-4-22-15-8-6-13(11-18-15)16(21)19-10-12-5-7-14(17-9-12)20(2)3/h5-9,11H,4,10H2,1-3H3,(H,19,21). The summed E-state index contributed by atoms with van der Waals surface area (Å²) in [6, 6.07) is 7.24. The first-order chi connectivity index (χ1) is 10.6. The van der Waals surface area contributed by atoms with Crippen molar-refractivity contribution in [3.05, 3.63) is 47.8 Å². The van der Waals surface area contributed by atoms with E-state index < -0.39 is 0 Å². The number of aromatic nitrogens is 2. The average molecular weight is 300 g/mol. The van der Waals surface area contributed by atoms with Crippen LogP contribution in [-0.2, 0) is 6.54 Å². The van der Waals surface area contributed by atoms with Crippen LogP contribution in [0.25, 0.3) is 0 Å². The van der Waals surface area contributed by atoms with Gasteiger partial charge in [-0.15, -0.1) is 0 Å². The van der Waals surface area contributed by atoms with E-state index in [0.717, 1.165) is 11.4 Å². The number of amides is 1. The molecule has 6 heteroatoms. The van der Waals surface area contributed by atoms with E-state index in [9.17, 15) is 4.79 Å². The van der Waals surface area contributed by atoms with Crippen molar-refractivity contribution in [2.45, 2.75) is 13.5 Å². The van der Waals surface area contributed by atoms with Crippen LogP contribution in [0, 0.1) is 0 Å². The molecule has 0 radical (unpaired) electrons. The topological polar surface area (TPSA) is 67.3 Å². The molecule has 2 rings (SSSR count). The van der Waals surface area contributed by atoms with Crippen molar-refractivity contribution in [2.75, 3.05) is 25.6 Å². The van der Waals surface area contributed by atoms with Crippen molar-refractivity contribution in [3.8, 4) is 5.88 Å². The van der Waals surface area contributed by atoms with Crippen LogP contribution >= 0.6 is 0 Å². The Morgan fingerprint density at radius 1 is 1.18 bits per heavy atom. The van der Waals surface area contributed by atoms with E-state index in [1.165, 1.54) is 6.20 Å². The number of hydrogen-bond donors (Lipinski definition) is 1. The zero-order valence-corrected chi connectivity index (χ0v) is 13.0. The summed E-state index contributed by atoms with van der Waals surface area (Å²) in [6.07, 6.45) is 3.26. The molecule has 0 aromatic carbocycles. The van der Waals surface area contributed by atoms with Gasteiger partial charge < -0.3 is 15.0 Å². The van der Waals surface area contributed by atoms with Crippen LogP contribution < -0.4 is 15.0 Å². The van der Waals surface area contributed by atoms with E-state index >= 15 is 0 Å². The predicted octanol–water partition coefficient (Wildman–Crippen LogP) is 1.87. The van der Waals surface area contributed by atoms with Gasteiger partial charge in [0.05, 0.1) is 12.2 Å². The van der Waals surface area contributed by atoms with E-state index in [-0.39, 0.29) is 5.91 Å². The number of ether oxygens (including phenoxy) is 1. The number of carbonyl (C=O) groups is 1. The normalized spacial score (nSPS) is 10.1. The Bertz CT molecular complexity index is 609. The van der Waals surface area contributed by atoms with Crippen LogP contribution in [0.4, 0.5) is 5.82 Å². The molecule has 0 bridgehead atoms. The molecule has 116 valence electrons. The molecule has 0 saturated carbocycles. The molecule has 0 atom stereocenters. The van der Waals surface area contributed by atoms with Crippen LogP contribution in [0.1, 0.15) is 22.8 Å². The number of nitrogens with one attached hydrogen (secondary N) is 1. The molecule has 0 spiro atoms. The van der Waals surface area contributed by atoms with Gasteiger partial charge in [-0.2, -0.15) is 0 Å². The maximum absolute atomic E-state index is 12.0. The molecule has 2 heterocycles. The Labute approximate surface area is 130 Å². The van der Waals surface area contributed by atoms with E-state index in [0.29, 0.717) is 24.6 Å². The summed E-state index contributed by atoms with van der Waals surface area (Å²) < 4.78 is 5.25. The molecule has 0 fully saturated rings. The van der Waals surface area contributed by atoms with E-state index in [4.69, 9.17) is 4.74 Å². The summed E-state index contributed by atoms with van der Waals surface area (Å²) in [5.74, 6) is 1.22. The molecular formula is C16H20N4O2. The van der Waals surface area contributed by atoms with E-state index in [1.807, 2.05) is 38.1 Å². The highest BCUT2D eigenvalue weighted by atomic mass is 16.5. The summed E-state index contributed by atoms with van der Waals surface area (Å²) >= 11 is 0. The molecule has 0 aliphatic rings. The molecule has 6 nitrogen and oxygen atoms in total. The second-order valence-corrected chi connectivity index (χ2v) is 4.92. The summed E-state index contributed by atoms with van der Waals surface area (Å²) in [5.41, 5.74) is 1.44. The number of anilines is 1. The fourth-order valence-corrected chi connectivity index (χ4v) is 1.82. The Morgan fingerprint density at radius 2 is 2.00 bits per heavy atom. The molecule has 2 aromatic rings. The van der Waals surface area contributed by atoms with Gasteiger partial charge in [-0.05, 0) is 24.6 Å². The number of pyridine rings is 2. The van der Waals surface area contributed by atoms with Crippen LogP contribution in [0.3, 0.4) is 0 Å². The lowest BCUT2D eigenvalue weighted by atomic mass is 10.2. The zero-order chi connectivity index (χ0) is 15.9. The molecule has 0 saturated heterocycles. The van der Waals surface area contributed by atoms with Gasteiger partial charge in [-0.3, -0.25) is 4.79 Å². The fourth-order valence-electron chi connectivity index (χ4n) is 1.82. The van der Waals surface area contributed by atoms with E-state index in [1.54, 1.807) is 18.3 Å². The van der Waals surface area contributed by atoms with Crippen molar-refractivity contribution in [2.24, 2.45) is 0 Å². The number of carbonyl (C=O) groups excluding carboxylic acids is 1. The largest absolute Gasteiger partial charge is 0.478 e. The first-order valence-electron chi connectivity index (χ1n) is 7.09. The van der Waals surface area contributed by atoms with Crippen molar-refractivity contribution in [1.29, 1.82) is 0 Å². The highest BCUT2D eigenvalue weighted by Crippen LogP contribution is 2.09. The van der Waals surface area contributed by atoms with Gasteiger partial charge >= 0.3 is 0 Å². The lowest BCUT2D eigenvalue weighted by molar-refractivity contribution is 0.0950. The molecule has 0 aliphatic heterocycles. The van der Waals surface area contributed by atoms with Crippen molar-refractivity contribution >= 4 is 11.7 Å². The Morgan fingerprint density at radius 3 is 2.55 bits per heavy atom. The van der Waals surface area contributed by atoms with E-state index in [2.05, 4.69) is 15.3 Å². The summed E-state index contributed by atoms with van der Waals surface area (Å²) in [4.78, 5) is 22.3. The van der Waals surface area contributed by atoms with Crippen LogP contribution in [-0.4, -0.2) is 36.6 Å². The maximum Gasteiger partial charge on any atom is 0.253 e. The Kier molecular flexibility index (Phi) is 5.30. The van der Waals surface area contributed by atoms with Gasteiger partial charge in [-0.1, -0.05) is 6.07 Å². The predicted molar refractivity (Wildman–Crippen MR) is 85.1 cm³/mol. The number of rotatable bonds is 6. The SMILES string of the molecule is CCOc1ccc(C(=O)NCc2ccc(N(C)C)nc2)cn1. The smallest absolute Gasteiger partial charge is 0.253 e. The average Bonchev–Trinajstić information content (AvgIpc) is 2.54. The minimum Gasteiger partial charge on any atom is -0.478 e. The fraction of sp³-hybridized carbons (Fsp3) is 0.312. The summed E-state index contributed by atoms with van der Waals surface area (Å²) in [7, 11) is 3.87. The quantitative estimate of drug-likeness (QED) is 0.882. The second-order valence-electron chi connectivity index (χ2n) is 4.92. The van der Waals surface area contributed by atoms with Gasteiger partial charge in [-0.25, -0.2) is 9.97 Å². The lowest BCUT2D eigenvalue weighted by Crippen LogP contribution is -2.23. The molecule has 0 unspecified atom stereocenters. The van der Waals surface area contributed by atoms with Gasteiger partial charge in [0.2, 0.25) is 5.88 Å². The van der Waals surface area contributed by atoms with Crippen LogP contribution in [0.15, 0.2) is 36.7 Å². The molecule has 1 N–H and O–H groups in total.